The van der Waals surface area contributed by atoms with Crippen LogP contribution in [0.25, 0.3) is 0 Å². The van der Waals surface area contributed by atoms with Crippen molar-refractivity contribution in [3.05, 3.63) is 38.9 Å². The Hall–Kier alpha value is -1.66. The number of carbonyl (C=O) groups excluding carboxylic acids is 1. The SMILES string of the molecule is CC1(C)C(=O)NCCN1Cc1ccc(Cl)c([N+](=O)[O-])c1. The van der Waals surface area contributed by atoms with Crippen LogP contribution < -0.4 is 5.32 Å². The summed E-state index contributed by atoms with van der Waals surface area (Å²) in [6.45, 7) is 5.43. The van der Waals surface area contributed by atoms with Crippen molar-refractivity contribution in [3.8, 4) is 0 Å². The van der Waals surface area contributed by atoms with E-state index in [1.165, 1.54) is 12.1 Å². The Kier molecular flexibility index (Phi) is 3.96. The summed E-state index contributed by atoms with van der Waals surface area (Å²) in [6, 6.07) is 4.73. The van der Waals surface area contributed by atoms with E-state index in [9.17, 15) is 14.9 Å². The van der Waals surface area contributed by atoms with Crippen LogP contribution in [0.1, 0.15) is 19.4 Å². The Morgan fingerprint density at radius 1 is 1.50 bits per heavy atom. The average Bonchev–Trinajstić information content (AvgIpc) is 2.37. The van der Waals surface area contributed by atoms with Crippen LogP contribution in [0.5, 0.6) is 0 Å². The molecule has 1 N–H and O–H groups in total. The third kappa shape index (κ3) is 2.76. The van der Waals surface area contributed by atoms with Gasteiger partial charge in [0.15, 0.2) is 0 Å². The monoisotopic (exact) mass is 297 g/mol. The van der Waals surface area contributed by atoms with Crippen molar-refractivity contribution in [1.82, 2.24) is 10.2 Å². The highest BCUT2D eigenvalue weighted by molar-refractivity contribution is 6.32. The summed E-state index contributed by atoms with van der Waals surface area (Å²) in [6.07, 6.45) is 0. The number of amides is 1. The van der Waals surface area contributed by atoms with E-state index in [2.05, 4.69) is 5.32 Å². The van der Waals surface area contributed by atoms with Crippen molar-refractivity contribution in [2.45, 2.75) is 25.9 Å². The van der Waals surface area contributed by atoms with Gasteiger partial charge in [0.1, 0.15) is 5.02 Å². The van der Waals surface area contributed by atoms with E-state index in [1.54, 1.807) is 6.07 Å². The van der Waals surface area contributed by atoms with Crippen LogP contribution in [0.15, 0.2) is 18.2 Å². The van der Waals surface area contributed by atoms with E-state index in [-0.39, 0.29) is 16.6 Å². The fraction of sp³-hybridized carbons (Fsp3) is 0.462. The molecule has 1 amide bonds. The number of piperazine rings is 1. The molecule has 0 saturated carbocycles. The predicted octanol–water partition coefficient (Wildman–Crippen LogP) is 1.96. The fourth-order valence-electron chi connectivity index (χ4n) is 2.24. The molecule has 20 heavy (non-hydrogen) atoms. The Balaban J connectivity index is 2.23. The Labute approximate surface area is 121 Å². The molecule has 1 fully saturated rings. The zero-order valence-corrected chi connectivity index (χ0v) is 12.1. The summed E-state index contributed by atoms with van der Waals surface area (Å²) in [4.78, 5) is 24.3. The minimum Gasteiger partial charge on any atom is -0.353 e. The lowest BCUT2D eigenvalue weighted by molar-refractivity contribution is -0.384. The molecular weight excluding hydrogens is 282 g/mol. The smallest absolute Gasteiger partial charge is 0.288 e. The van der Waals surface area contributed by atoms with Crippen LogP contribution in [0.4, 0.5) is 5.69 Å². The Bertz CT molecular complexity index is 560. The van der Waals surface area contributed by atoms with E-state index >= 15 is 0 Å². The van der Waals surface area contributed by atoms with Crippen molar-refractivity contribution in [2.24, 2.45) is 0 Å². The number of rotatable bonds is 3. The number of hydrogen-bond donors (Lipinski definition) is 1. The van der Waals surface area contributed by atoms with Crippen LogP contribution in [-0.4, -0.2) is 34.4 Å². The molecule has 0 spiro atoms. The predicted molar refractivity (Wildman–Crippen MR) is 75.6 cm³/mol. The summed E-state index contributed by atoms with van der Waals surface area (Å²) in [5, 5.41) is 13.8. The summed E-state index contributed by atoms with van der Waals surface area (Å²) >= 11 is 5.79. The molecule has 1 heterocycles. The van der Waals surface area contributed by atoms with Gasteiger partial charge in [0.05, 0.1) is 10.5 Å². The molecule has 1 aromatic carbocycles. The van der Waals surface area contributed by atoms with Crippen LogP contribution in [0.3, 0.4) is 0 Å². The normalized spacial score (nSPS) is 18.6. The molecule has 2 rings (SSSR count). The van der Waals surface area contributed by atoms with Crippen molar-refractivity contribution < 1.29 is 9.72 Å². The maximum Gasteiger partial charge on any atom is 0.288 e. The molecule has 1 aliphatic rings. The first-order chi connectivity index (χ1) is 9.32. The molecule has 0 aliphatic carbocycles. The quantitative estimate of drug-likeness (QED) is 0.683. The molecular formula is C13H16ClN3O3. The molecule has 108 valence electrons. The van der Waals surface area contributed by atoms with E-state index in [0.29, 0.717) is 19.6 Å². The molecule has 1 saturated heterocycles. The van der Waals surface area contributed by atoms with Gasteiger partial charge in [-0.3, -0.25) is 19.8 Å². The maximum atomic E-state index is 11.9. The van der Waals surface area contributed by atoms with E-state index < -0.39 is 10.5 Å². The zero-order chi connectivity index (χ0) is 14.9. The second-order valence-electron chi connectivity index (χ2n) is 5.28. The standard InChI is InChI=1S/C13H16ClN3O3/c1-13(2)12(18)15-5-6-16(13)8-9-3-4-10(14)11(7-9)17(19)20/h3-4,7H,5-6,8H2,1-2H3,(H,15,18). The summed E-state index contributed by atoms with van der Waals surface area (Å²) in [5.41, 5.74) is 0.0273. The number of nitrogens with one attached hydrogen (secondary N) is 1. The van der Waals surface area contributed by atoms with Gasteiger partial charge in [-0.05, 0) is 25.5 Å². The molecule has 0 aromatic heterocycles. The Morgan fingerprint density at radius 3 is 2.85 bits per heavy atom. The maximum absolute atomic E-state index is 11.9. The fourth-order valence-corrected chi connectivity index (χ4v) is 2.42. The van der Waals surface area contributed by atoms with Gasteiger partial charge in [-0.1, -0.05) is 17.7 Å². The third-order valence-electron chi connectivity index (χ3n) is 3.59. The van der Waals surface area contributed by atoms with Crippen LogP contribution in [0.2, 0.25) is 5.02 Å². The number of benzene rings is 1. The lowest BCUT2D eigenvalue weighted by Crippen LogP contribution is -2.61. The Morgan fingerprint density at radius 2 is 2.20 bits per heavy atom. The van der Waals surface area contributed by atoms with Gasteiger partial charge >= 0.3 is 0 Å². The number of carbonyl (C=O) groups is 1. The summed E-state index contributed by atoms with van der Waals surface area (Å²) in [5.74, 6) is -0.0350. The lowest BCUT2D eigenvalue weighted by atomic mass is 9.98. The average molecular weight is 298 g/mol. The number of nitro groups is 1. The van der Waals surface area contributed by atoms with Crippen molar-refractivity contribution in [3.63, 3.8) is 0 Å². The van der Waals surface area contributed by atoms with Gasteiger partial charge in [-0.2, -0.15) is 0 Å². The number of hydrogen-bond acceptors (Lipinski definition) is 4. The second-order valence-corrected chi connectivity index (χ2v) is 5.69. The van der Waals surface area contributed by atoms with Gasteiger partial charge in [-0.25, -0.2) is 0 Å². The van der Waals surface area contributed by atoms with Crippen LogP contribution in [0, 0.1) is 10.1 Å². The first kappa shape index (κ1) is 14.7. The van der Waals surface area contributed by atoms with E-state index in [0.717, 1.165) is 5.56 Å². The molecule has 1 aromatic rings. The lowest BCUT2D eigenvalue weighted by Gasteiger charge is -2.41. The van der Waals surface area contributed by atoms with Gasteiger partial charge < -0.3 is 5.32 Å². The number of nitrogens with zero attached hydrogens (tertiary/aromatic N) is 2. The van der Waals surface area contributed by atoms with Crippen molar-refractivity contribution in [2.75, 3.05) is 13.1 Å². The van der Waals surface area contributed by atoms with Crippen molar-refractivity contribution >= 4 is 23.2 Å². The minimum absolute atomic E-state index is 0.0350. The van der Waals surface area contributed by atoms with Crippen LogP contribution >= 0.6 is 11.6 Å². The third-order valence-corrected chi connectivity index (χ3v) is 3.91. The minimum atomic E-state index is -0.632. The highest BCUT2D eigenvalue weighted by atomic mass is 35.5. The van der Waals surface area contributed by atoms with Gasteiger partial charge in [0.2, 0.25) is 5.91 Å². The molecule has 0 unspecified atom stereocenters. The second kappa shape index (κ2) is 5.38. The van der Waals surface area contributed by atoms with Crippen molar-refractivity contribution in [1.29, 1.82) is 0 Å². The molecule has 0 radical (unpaired) electrons. The van der Waals surface area contributed by atoms with E-state index in [1.807, 2.05) is 18.7 Å². The van der Waals surface area contributed by atoms with Gasteiger partial charge in [0.25, 0.3) is 5.69 Å². The number of halogens is 1. The van der Waals surface area contributed by atoms with Gasteiger partial charge in [0, 0.05) is 25.7 Å². The molecule has 0 atom stereocenters. The summed E-state index contributed by atoms with van der Waals surface area (Å²) in [7, 11) is 0. The zero-order valence-electron chi connectivity index (χ0n) is 11.4. The van der Waals surface area contributed by atoms with Crippen LogP contribution in [-0.2, 0) is 11.3 Å². The largest absolute Gasteiger partial charge is 0.353 e. The first-order valence-electron chi connectivity index (χ1n) is 6.28. The molecule has 6 nitrogen and oxygen atoms in total. The highest BCUT2D eigenvalue weighted by Crippen LogP contribution is 2.27. The van der Waals surface area contributed by atoms with Gasteiger partial charge in [-0.15, -0.1) is 0 Å². The molecule has 1 aliphatic heterocycles. The number of nitro benzene ring substituents is 1. The molecule has 0 bridgehead atoms. The topological polar surface area (TPSA) is 75.5 Å². The summed E-state index contributed by atoms with van der Waals surface area (Å²) < 4.78 is 0. The van der Waals surface area contributed by atoms with E-state index in [4.69, 9.17) is 11.6 Å². The molecule has 7 heteroatoms. The highest BCUT2D eigenvalue weighted by Gasteiger charge is 2.37. The first-order valence-corrected chi connectivity index (χ1v) is 6.66.